The molecule has 0 unspecified atom stereocenters. The molecular formula is C14H26N2O3. The number of amides is 1. The van der Waals surface area contributed by atoms with Crippen LogP contribution in [0.5, 0.6) is 0 Å². The van der Waals surface area contributed by atoms with Crippen LogP contribution in [0, 0.1) is 0 Å². The Bertz CT molecular complexity index is 332. The summed E-state index contributed by atoms with van der Waals surface area (Å²) in [7, 11) is 0. The Morgan fingerprint density at radius 2 is 1.74 bits per heavy atom. The number of carboxylic acid groups (broad SMARTS) is 1. The van der Waals surface area contributed by atoms with Crippen molar-refractivity contribution >= 4 is 11.9 Å². The molecule has 0 bridgehead atoms. The van der Waals surface area contributed by atoms with Gasteiger partial charge in [0, 0.05) is 0 Å². The van der Waals surface area contributed by atoms with Crippen LogP contribution in [0.4, 0.5) is 0 Å². The average Bonchev–Trinajstić information content (AvgIpc) is 2.37. The topological polar surface area (TPSA) is 92.4 Å². The Morgan fingerprint density at radius 1 is 1.21 bits per heavy atom. The Balaban J connectivity index is 2.82. The van der Waals surface area contributed by atoms with Crippen LogP contribution in [0.3, 0.4) is 0 Å². The van der Waals surface area contributed by atoms with Crippen molar-refractivity contribution in [2.24, 2.45) is 5.73 Å². The van der Waals surface area contributed by atoms with E-state index < -0.39 is 17.0 Å². The third-order valence-corrected chi connectivity index (χ3v) is 4.39. The Morgan fingerprint density at radius 3 is 2.16 bits per heavy atom. The molecule has 1 aliphatic carbocycles. The number of rotatable bonds is 6. The highest BCUT2D eigenvalue weighted by molar-refractivity contribution is 5.87. The molecule has 0 aromatic carbocycles. The van der Waals surface area contributed by atoms with Gasteiger partial charge in [-0.05, 0) is 25.7 Å². The second-order valence-corrected chi connectivity index (χ2v) is 5.73. The average molecular weight is 270 g/mol. The van der Waals surface area contributed by atoms with Crippen LogP contribution in [0.2, 0.25) is 0 Å². The summed E-state index contributed by atoms with van der Waals surface area (Å²) in [4.78, 5) is 23.4. The molecule has 0 spiro atoms. The standard InChI is InChI=1S/C14H26N2O3/c1-3-14(15,4-2)12(19)16-13(10-11(17)18)8-6-5-7-9-13/h3-10,15H2,1-2H3,(H,16,19)(H,17,18). The normalized spacial score (nSPS) is 18.9. The van der Waals surface area contributed by atoms with Crippen LogP contribution >= 0.6 is 0 Å². The summed E-state index contributed by atoms with van der Waals surface area (Å²) < 4.78 is 0. The lowest BCUT2D eigenvalue weighted by Crippen LogP contribution is -2.61. The largest absolute Gasteiger partial charge is 0.481 e. The molecule has 19 heavy (non-hydrogen) atoms. The molecule has 1 fully saturated rings. The van der Waals surface area contributed by atoms with E-state index in [4.69, 9.17) is 10.8 Å². The molecule has 0 aromatic rings. The Hall–Kier alpha value is -1.10. The molecule has 0 aromatic heterocycles. The number of carboxylic acids is 1. The van der Waals surface area contributed by atoms with Gasteiger partial charge in [-0.1, -0.05) is 33.1 Å². The first kappa shape index (κ1) is 16.0. The van der Waals surface area contributed by atoms with Gasteiger partial charge in [-0.25, -0.2) is 0 Å². The summed E-state index contributed by atoms with van der Waals surface area (Å²) in [6, 6.07) is 0. The van der Waals surface area contributed by atoms with Crippen molar-refractivity contribution in [1.29, 1.82) is 0 Å². The second-order valence-electron chi connectivity index (χ2n) is 5.73. The molecule has 5 heteroatoms. The first-order chi connectivity index (χ1) is 8.87. The molecule has 1 amide bonds. The zero-order valence-electron chi connectivity index (χ0n) is 12.0. The van der Waals surface area contributed by atoms with Crippen LogP contribution in [0.1, 0.15) is 65.2 Å². The summed E-state index contributed by atoms with van der Waals surface area (Å²) in [5, 5.41) is 12.0. The third-order valence-electron chi connectivity index (χ3n) is 4.39. The van der Waals surface area contributed by atoms with Gasteiger partial charge in [-0.15, -0.1) is 0 Å². The van der Waals surface area contributed by atoms with Crippen molar-refractivity contribution < 1.29 is 14.7 Å². The lowest BCUT2D eigenvalue weighted by molar-refractivity contribution is -0.140. The first-order valence-corrected chi connectivity index (χ1v) is 7.21. The number of nitrogens with two attached hydrogens (primary N) is 1. The van der Waals surface area contributed by atoms with Gasteiger partial charge >= 0.3 is 5.97 Å². The fourth-order valence-corrected chi connectivity index (χ4v) is 2.80. The Labute approximate surface area is 114 Å². The lowest BCUT2D eigenvalue weighted by atomic mass is 9.78. The highest BCUT2D eigenvalue weighted by Crippen LogP contribution is 2.32. The van der Waals surface area contributed by atoms with E-state index in [1.807, 2.05) is 13.8 Å². The minimum atomic E-state index is -0.886. The van der Waals surface area contributed by atoms with Crippen LogP contribution in [-0.4, -0.2) is 28.1 Å². The van der Waals surface area contributed by atoms with E-state index in [0.29, 0.717) is 12.8 Å². The quantitative estimate of drug-likeness (QED) is 0.686. The van der Waals surface area contributed by atoms with E-state index in [1.165, 1.54) is 0 Å². The molecule has 1 saturated carbocycles. The van der Waals surface area contributed by atoms with Crippen molar-refractivity contribution in [1.82, 2.24) is 5.32 Å². The summed E-state index contributed by atoms with van der Waals surface area (Å²) in [5.74, 6) is -1.07. The number of carbonyl (C=O) groups excluding carboxylic acids is 1. The first-order valence-electron chi connectivity index (χ1n) is 7.21. The summed E-state index contributed by atoms with van der Waals surface area (Å²) >= 11 is 0. The maximum absolute atomic E-state index is 12.4. The maximum atomic E-state index is 12.4. The smallest absolute Gasteiger partial charge is 0.305 e. The van der Waals surface area contributed by atoms with Crippen LogP contribution in [0.15, 0.2) is 0 Å². The molecule has 0 atom stereocenters. The van der Waals surface area contributed by atoms with E-state index in [-0.39, 0.29) is 12.3 Å². The zero-order valence-corrected chi connectivity index (χ0v) is 12.0. The van der Waals surface area contributed by atoms with Crippen molar-refractivity contribution in [3.05, 3.63) is 0 Å². The molecular weight excluding hydrogens is 244 g/mol. The van der Waals surface area contributed by atoms with E-state index in [9.17, 15) is 9.59 Å². The maximum Gasteiger partial charge on any atom is 0.305 e. The number of nitrogens with one attached hydrogen (secondary N) is 1. The lowest BCUT2D eigenvalue weighted by Gasteiger charge is -2.39. The highest BCUT2D eigenvalue weighted by atomic mass is 16.4. The van der Waals surface area contributed by atoms with Gasteiger partial charge in [-0.2, -0.15) is 0 Å². The Kier molecular flexibility index (Phi) is 5.35. The zero-order chi connectivity index (χ0) is 14.5. The molecule has 0 aliphatic heterocycles. The van der Waals surface area contributed by atoms with E-state index in [0.717, 1.165) is 32.1 Å². The second kappa shape index (κ2) is 6.37. The molecule has 0 radical (unpaired) electrons. The molecule has 5 nitrogen and oxygen atoms in total. The molecule has 0 saturated heterocycles. The molecule has 1 rings (SSSR count). The number of hydrogen-bond donors (Lipinski definition) is 3. The van der Waals surface area contributed by atoms with Gasteiger partial charge in [0.05, 0.1) is 17.5 Å². The number of carbonyl (C=O) groups is 2. The predicted molar refractivity (Wildman–Crippen MR) is 73.7 cm³/mol. The molecule has 0 heterocycles. The van der Waals surface area contributed by atoms with Crippen molar-refractivity contribution in [3.63, 3.8) is 0 Å². The van der Waals surface area contributed by atoms with Crippen molar-refractivity contribution in [3.8, 4) is 0 Å². The van der Waals surface area contributed by atoms with E-state index >= 15 is 0 Å². The minimum Gasteiger partial charge on any atom is -0.481 e. The fourth-order valence-electron chi connectivity index (χ4n) is 2.80. The predicted octanol–water partition coefficient (Wildman–Crippen LogP) is 1.80. The van der Waals surface area contributed by atoms with Gasteiger partial charge in [0.25, 0.3) is 0 Å². The number of aliphatic carboxylic acids is 1. The molecule has 110 valence electrons. The van der Waals surface area contributed by atoms with Crippen molar-refractivity contribution in [2.45, 2.75) is 76.3 Å². The van der Waals surface area contributed by atoms with Crippen LogP contribution in [-0.2, 0) is 9.59 Å². The highest BCUT2D eigenvalue weighted by Gasteiger charge is 2.40. The van der Waals surface area contributed by atoms with Crippen molar-refractivity contribution in [2.75, 3.05) is 0 Å². The molecule has 1 aliphatic rings. The summed E-state index contributed by atoms with van der Waals surface area (Å²) in [5.41, 5.74) is 4.60. The SMILES string of the molecule is CCC(N)(CC)C(=O)NC1(CC(=O)O)CCCCC1. The van der Waals surface area contributed by atoms with E-state index in [1.54, 1.807) is 0 Å². The van der Waals surface area contributed by atoms with Crippen LogP contribution < -0.4 is 11.1 Å². The minimum absolute atomic E-state index is 0.0117. The van der Waals surface area contributed by atoms with Gasteiger partial charge < -0.3 is 16.2 Å². The number of hydrogen-bond acceptors (Lipinski definition) is 3. The third kappa shape index (κ3) is 3.93. The van der Waals surface area contributed by atoms with Gasteiger partial charge in [-0.3, -0.25) is 9.59 Å². The fraction of sp³-hybridized carbons (Fsp3) is 0.857. The van der Waals surface area contributed by atoms with E-state index in [2.05, 4.69) is 5.32 Å². The van der Waals surface area contributed by atoms with Gasteiger partial charge in [0.1, 0.15) is 0 Å². The summed E-state index contributed by atoms with van der Waals surface area (Å²) in [6.07, 6.45) is 5.58. The van der Waals surface area contributed by atoms with Crippen LogP contribution in [0.25, 0.3) is 0 Å². The van der Waals surface area contributed by atoms with Gasteiger partial charge in [0.15, 0.2) is 0 Å². The van der Waals surface area contributed by atoms with Gasteiger partial charge in [0.2, 0.25) is 5.91 Å². The molecule has 4 N–H and O–H groups in total. The summed E-state index contributed by atoms with van der Waals surface area (Å²) in [6.45, 7) is 3.77. The monoisotopic (exact) mass is 270 g/mol.